The molecule has 1 aliphatic carbocycles. The summed E-state index contributed by atoms with van der Waals surface area (Å²) in [5, 5.41) is 3.36. The van der Waals surface area contributed by atoms with Crippen LogP contribution in [0.4, 0.5) is 0 Å². The van der Waals surface area contributed by atoms with E-state index in [0.29, 0.717) is 12.7 Å². The third kappa shape index (κ3) is 6.79. The largest absolute Gasteiger partial charge is 0.465 e. The topological polar surface area (TPSA) is 47.6 Å². The Balaban J connectivity index is 2.29. The lowest BCUT2D eigenvalue weighted by atomic mass is 9.94. The summed E-state index contributed by atoms with van der Waals surface area (Å²) in [5.41, 5.74) is -0.586. The molecule has 0 bridgehead atoms. The summed E-state index contributed by atoms with van der Waals surface area (Å²) in [6.07, 6.45) is 8.30. The van der Waals surface area contributed by atoms with Crippen LogP contribution in [0, 0.1) is 0 Å². The second-order valence-electron chi connectivity index (χ2n) is 6.59. The Morgan fingerprint density at radius 3 is 2.52 bits per heavy atom. The van der Waals surface area contributed by atoms with Gasteiger partial charge in [0.05, 0.1) is 12.7 Å². The number of hydrogen-bond acceptors (Lipinski definition) is 4. The van der Waals surface area contributed by atoms with Crippen LogP contribution in [-0.4, -0.2) is 36.9 Å². The van der Waals surface area contributed by atoms with Gasteiger partial charge in [-0.05, 0) is 59.8 Å². The normalized spacial score (nSPS) is 18.9. The van der Waals surface area contributed by atoms with E-state index in [1.807, 2.05) is 13.8 Å². The number of unbranched alkanes of at least 4 members (excludes halogenated alkanes) is 1. The fraction of sp³-hybridized carbons (Fsp3) is 0.941. The van der Waals surface area contributed by atoms with Crippen molar-refractivity contribution >= 4 is 5.97 Å². The van der Waals surface area contributed by atoms with Crippen LogP contribution in [0.15, 0.2) is 0 Å². The van der Waals surface area contributed by atoms with E-state index in [1.54, 1.807) is 0 Å². The Morgan fingerprint density at radius 2 is 1.95 bits per heavy atom. The van der Waals surface area contributed by atoms with Gasteiger partial charge in [0, 0.05) is 12.6 Å². The van der Waals surface area contributed by atoms with Crippen LogP contribution in [-0.2, 0) is 14.3 Å². The highest BCUT2D eigenvalue weighted by Gasteiger charge is 2.34. The molecule has 1 atom stereocenters. The van der Waals surface area contributed by atoms with E-state index in [4.69, 9.17) is 9.47 Å². The first-order chi connectivity index (χ1) is 9.98. The van der Waals surface area contributed by atoms with Gasteiger partial charge >= 0.3 is 5.97 Å². The van der Waals surface area contributed by atoms with Gasteiger partial charge < -0.3 is 9.47 Å². The van der Waals surface area contributed by atoms with Gasteiger partial charge in [-0.3, -0.25) is 10.1 Å². The van der Waals surface area contributed by atoms with Crippen LogP contribution < -0.4 is 5.32 Å². The smallest absolute Gasteiger partial charge is 0.326 e. The van der Waals surface area contributed by atoms with E-state index >= 15 is 0 Å². The minimum absolute atomic E-state index is 0.143. The van der Waals surface area contributed by atoms with Gasteiger partial charge in [0.1, 0.15) is 5.54 Å². The summed E-state index contributed by atoms with van der Waals surface area (Å²) < 4.78 is 11.1. The summed E-state index contributed by atoms with van der Waals surface area (Å²) in [4.78, 5) is 12.2. The second-order valence-corrected chi connectivity index (χ2v) is 6.59. The molecular formula is C17H33NO3. The van der Waals surface area contributed by atoms with E-state index in [0.717, 1.165) is 25.9 Å². The number of hydrogen-bond donors (Lipinski definition) is 1. The number of esters is 1. The van der Waals surface area contributed by atoms with Gasteiger partial charge in [0.2, 0.25) is 0 Å². The minimum Gasteiger partial charge on any atom is -0.465 e. The molecule has 1 N–H and O–H groups in total. The van der Waals surface area contributed by atoms with Gasteiger partial charge in [0.15, 0.2) is 0 Å². The molecule has 21 heavy (non-hydrogen) atoms. The molecule has 4 heteroatoms. The van der Waals surface area contributed by atoms with Gasteiger partial charge in [-0.15, -0.1) is 0 Å². The molecule has 1 aliphatic rings. The van der Waals surface area contributed by atoms with Crippen LogP contribution in [0.2, 0.25) is 0 Å². The third-order valence-electron chi connectivity index (χ3n) is 4.06. The van der Waals surface area contributed by atoms with E-state index in [-0.39, 0.29) is 12.0 Å². The lowest BCUT2D eigenvalue weighted by Crippen LogP contribution is -2.53. The van der Waals surface area contributed by atoms with Crippen molar-refractivity contribution in [3.8, 4) is 0 Å². The molecule has 0 aromatic heterocycles. The molecule has 1 fully saturated rings. The Morgan fingerprint density at radius 1 is 1.29 bits per heavy atom. The Kier molecular flexibility index (Phi) is 8.27. The van der Waals surface area contributed by atoms with E-state index < -0.39 is 5.54 Å². The van der Waals surface area contributed by atoms with Crippen LogP contribution >= 0.6 is 0 Å². The molecular weight excluding hydrogens is 266 g/mol. The van der Waals surface area contributed by atoms with Crippen molar-refractivity contribution in [3.63, 3.8) is 0 Å². The standard InChI is InChI=1S/C17H33NO3/c1-5-20-16(19)17(4,18-14(2)3)12-8-9-13-21-15-10-6-7-11-15/h14-15,18H,5-13H2,1-4H3. The molecule has 0 saturated heterocycles. The highest BCUT2D eigenvalue weighted by Crippen LogP contribution is 2.22. The molecule has 124 valence electrons. The SMILES string of the molecule is CCOC(=O)C(C)(CCCCOC1CCCC1)NC(C)C. The first kappa shape index (κ1) is 18.4. The van der Waals surface area contributed by atoms with E-state index in [1.165, 1.54) is 25.7 Å². The molecule has 4 nitrogen and oxygen atoms in total. The summed E-state index contributed by atoms with van der Waals surface area (Å²) in [6.45, 7) is 9.15. The van der Waals surface area contributed by atoms with E-state index in [9.17, 15) is 4.79 Å². The number of rotatable bonds is 10. The quantitative estimate of drug-likeness (QED) is 0.496. The van der Waals surface area contributed by atoms with Crippen molar-refractivity contribution in [1.82, 2.24) is 5.32 Å². The van der Waals surface area contributed by atoms with E-state index in [2.05, 4.69) is 19.2 Å². The van der Waals surface area contributed by atoms with Gasteiger partial charge in [-0.25, -0.2) is 0 Å². The Bertz CT molecular complexity index is 300. The average Bonchev–Trinajstić information content (AvgIpc) is 2.91. The first-order valence-corrected chi connectivity index (χ1v) is 8.54. The van der Waals surface area contributed by atoms with Crippen molar-refractivity contribution in [1.29, 1.82) is 0 Å². The molecule has 1 saturated carbocycles. The molecule has 0 aromatic carbocycles. The maximum Gasteiger partial charge on any atom is 0.326 e. The fourth-order valence-electron chi connectivity index (χ4n) is 3.05. The second kappa shape index (κ2) is 9.42. The number of ether oxygens (including phenoxy) is 2. The first-order valence-electron chi connectivity index (χ1n) is 8.54. The molecule has 1 rings (SSSR count). The summed E-state index contributed by atoms with van der Waals surface area (Å²) in [6, 6.07) is 0.258. The highest BCUT2D eigenvalue weighted by molar-refractivity contribution is 5.80. The van der Waals surface area contributed by atoms with Gasteiger partial charge in [-0.1, -0.05) is 12.8 Å². The molecule has 0 aromatic rings. The zero-order valence-corrected chi connectivity index (χ0v) is 14.2. The fourth-order valence-corrected chi connectivity index (χ4v) is 3.05. The van der Waals surface area contributed by atoms with Crippen molar-refractivity contribution in [2.75, 3.05) is 13.2 Å². The summed E-state index contributed by atoms with van der Waals surface area (Å²) >= 11 is 0. The predicted octanol–water partition coefficient (Wildman–Crippen LogP) is 3.44. The van der Waals surface area contributed by atoms with Gasteiger partial charge in [0.25, 0.3) is 0 Å². The molecule has 0 amide bonds. The predicted molar refractivity (Wildman–Crippen MR) is 85.4 cm³/mol. The van der Waals surface area contributed by atoms with Crippen LogP contribution in [0.1, 0.15) is 72.6 Å². The highest BCUT2D eigenvalue weighted by atomic mass is 16.5. The molecule has 0 radical (unpaired) electrons. The minimum atomic E-state index is -0.586. The lowest BCUT2D eigenvalue weighted by molar-refractivity contribution is -0.151. The molecule has 0 aliphatic heterocycles. The zero-order valence-electron chi connectivity index (χ0n) is 14.2. The van der Waals surface area contributed by atoms with Crippen molar-refractivity contribution in [2.45, 2.75) is 90.3 Å². The summed E-state index contributed by atoms with van der Waals surface area (Å²) in [7, 11) is 0. The zero-order chi connectivity index (χ0) is 15.7. The lowest BCUT2D eigenvalue weighted by Gasteiger charge is -2.30. The maximum absolute atomic E-state index is 12.2. The van der Waals surface area contributed by atoms with Crippen molar-refractivity contribution in [2.24, 2.45) is 0 Å². The number of carbonyl (C=O) groups is 1. The Labute approximate surface area is 130 Å². The van der Waals surface area contributed by atoms with Crippen molar-refractivity contribution in [3.05, 3.63) is 0 Å². The van der Waals surface area contributed by atoms with Gasteiger partial charge in [-0.2, -0.15) is 0 Å². The molecule has 1 unspecified atom stereocenters. The number of carbonyl (C=O) groups excluding carboxylic acids is 1. The van der Waals surface area contributed by atoms with Crippen LogP contribution in [0.25, 0.3) is 0 Å². The number of nitrogens with one attached hydrogen (secondary N) is 1. The summed E-state index contributed by atoms with van der Waals surface area (Å²) in [5.74, 6) is -0.143. The molecule has 0 spiro atoms. The van der Waals surface area contributed by atoms with Crippen LogP contribution in [0.5, 0.6) is 0 Å². The molecule has 0 heterocycles. The Hall–Kier alpha value is -0.610. The third-order valence-corrected chi connectivity index (χ3v) is 4.06. The maximum atomic E-state index is 12.2. The van der Waals surface area contributed by atoms with Crippen molar-refractivity contribution < 1.29 is 14.3 Å². The van der Waals surface area contributed by atoms with Crippen LogP contribution in [0.3, 0.4) is 0 Å². The average molecular weight is 299 g/mol. The monoisotopic (exact) mass is 299 g/mol.